The van der Waals surface area contributed by atoms with Crippen molar-refractivity contribution in [3.63, 3.8) is 0 Å². The van der Waals surface area contributed by atoms with E-state index in [-0.39, 0.29) is 24.0 Å². The number of nitrogens with one attached hydrogen (secondary N) is 1. The van der Waals surface area contributed by atoms with E-state index in [0.717, 1.165) is 25.8 Å². The summed E-state index contributed by atoms with van der Waals surface area (Å²) in [7, 11) is 0. The summed E-state index contributed by atoms with van der Waals surface area (Å²) < 4.78 is 4.86. The molecule has 1 heterocycles. The third kappa shape index (κ3) is 4.20. The van der Waals surface area contributed by atoms with Crippen molar-refractivity contribution in [3.8, 4) is 0 Å². The highest BCUT2D eigenvalue weighted by Gasteiger charge is 2.26. The lowest BCUT2D eigenvalue weighted by Gasteiger charge is -2.34. The molecule has 104 valence electrons. The van der Waals surface area contributed by atoms with Gasteiger partial charge in [0.05, 0.1) is 6.61 Å². The van der Waals surface area contributed by atoms with E-state index >= 15 is 0 Å². The SMILES string of the molecule is CCOC(=O)N[C@@H]1CCCN(C(=O)[C@H](C)CC)C1. The maximum atomic E-state index is 12.1. The highest BCUT2D eigenvalue weighted by molar-refractivity contribution is 5.78. The van der Waals surface area contributed by atoms with Gasteiger partial charge in [-0.3, -0.25) is 4.79 Å². The van der Waals surface area contributed by atoms with E-state index in [9.17, 15) is 9.59 Å². The smallest absolute Gasteiger partial charge is 0.407 e. The van der Waals surface area contributed by atoms with Crippen molar-refractivity contribution >= 4 is 12.0 Å². The Kier molecular flexibility index (Phi) is 5.95. The summed E-state index contributed by atoms with van der Waals surface area (Å²) in [6.45, 7) is 7.50. The van der Waals surface area contributed by atoms with Crippen molar-refractivity contribution in [1.82, 2.24) is 10.2 Å². The van der Waals surface area contributed by atoms with Crippen LogP contribution in [0.15, 0.2) is 0 Å². The van der Waals surface area contributed by atoms with Crippen LogP contribution in [0.1, 0.15) is 40.0 Å². The van der Waals surface area contributed by atoms with Crippen LogP contribution in [-0.4, -0.2) is 42.6 Å². The molecule has 1 rings (SSSR count). The number of nitrogens with zero attached hydrogens (tertiary/aromatic N) is 1. The number of carbonyl (C=O) groups is 2. The molecule has 1 fully saturated rings. The Morgan fingerprint density at radius 1 is 1.44 bits per heavy atom. The van der Waals surface area contributed by atoms with Crippen LogP contribution in [-0.2, 0) is 9.53 Å². The normalized spacial score (nSPS) is 21.3. The molecule has 2 atom stereocenters. The van der Waals surface area contributed by atoms with E-state index < -0.39 is 0 Å². The number of rotatable bonds is 4. The van der Waals surface area contributed by atoms with Crippen LogP contribution < -0.4 is 5.32 Å². The summed E-state index contributed by atoms with van der Waals surface area (Å²) in [6, 6.07) is 0.0193. The first-order valence-corrected chi connectivity index (χ1v) is 6.80. The Morgan fingerprint density at radius 2 is 2.17 bits per heavy atom. The molecule has 1 aliphatic heterocycles. The molecule has 0 bridgehead atoms. The number of piperidine rings is 1. The van der Waals surface area contributed by atoms with Crippen LogP contribution in [0.5, 0.6) is 0 Å². The minimum absolute atomic E-state index is 0.0193. The second-order valence-electron chi connectivity index (χ2n) is 4.80. The van der Waals surface area contributed by atoms with Gasteiger partial charge in [0, 0.05) is 25.0 Å². The zero-order chi connectivity index (χ0) is 13.5. The molecule has 0 saturated carbocycles. The molecule has 5 heteroatoms. The number of alkyl carbamates (subject to hydrolysis) is 1. The van der Waals surface area contributed by atoms with E-state index in [1.54, 1.807) is 6.92 Å². The Labute approximate surface area is 109 Å². The van der Waals surface area contributed by atoms with Gasteiger partial charge < -0.3 is 15.0 Å². The summed E-state index contributed by atoms with van der Waals surface area (Å²) >= 11 is 0. The summed E-state index contributed by atoms with van der Waals surface area (Å²) in [6.07, 6.45) is 2.30. The molecule has 1 N–H and O–H groups in total. The van der Waals surface area contributed by atoms with Gasteiger partial charge in [0.1, 0.15) is 0 Å². The number of likely N-dealkylation sites (tertiary alicyclic amines) is 1. The molecule has 0 aromatic carbocycles. The van der Waals surface area contributed by atoms with Crippen LogP contribution in [0, 0.1) is 5.92 Å². The Morgan fingerprint density at radius 3 is 2.78 bits per heavy atom. The standard InChI is InChI=1S/C13H24N2O3/c1-4-10(3)12(16)15-8-6-7-11(9-15)14-13(17)18-5-2/h10-11H,4-9H2,1-3H3,(H,14,17)/t10-,11-/m1/s1. The third-order valence-electron chi connectivity index (χ3n) is 3.36. The zero-order valence-corrected chi connectivity index (χ0v) is 11.6. The first-order chi connectivity index (χ1) is 8.58. The van der Waals surface area contributed by atoms with Crippen LogP contribution in [0.2, 0.25) is 0 Å². The van der Waals surface area contributed by atoms with E-state index in [1.807, 2.05) is 18.7 Å². The monoisotopic (exact) mass is 256 g/mol. The van der Waals surface area contributed by atoms with Gasteiger partial charge in [0.25, 0.3) is 0 Å². The number of ether oxygens (including phenoxy) is 1. The van der Waals surface area contributed by atoms with Crippen molar-refractivity contribution in [2.75, 3.05) is 19.7 Å². The first kappa shape index (κ1) is 14.8. The van der Waals surface area contributed by atoms with Crippen molar-refractivity contribution in [2.45, 2.75) is 46.1 Å². The summed E-state index contributed by atoms with van der Waals surface area (Å²) in [5, 5.41) is 2.81. The molecule has 0 aromatic heterocycles. The molecule has 5 nitrogen and oxygen atoms in total. The Hall–Kier alpha value is -1.26. The zero-order valence-electron chi connectivity index (χ0n) is 11.6. The lowest BCUT2D eigenvalue weighted by atomic mass is 10.0. The van der Waals surface area contributed by atoms with E-state index in [2.05, 4.69) is 5.32 Å². The molecular formula is C13H24N2O3. The fourth-order valence-corrected chi connectivity index (χ4v) is 2.12. The number of carbonyl (C=O) groups excluding carboxylic acids is 2. The highest BCUT2D eigenvalue weighted by Crippen LogP contribution is 2.14. The van der Waals surface area contributed by atoms with Crippen molar-refractivity contribution < 1.29 is 14.3 Å². The minimum Gasteiger partial charge on any atom is -0.450 e. The van der Waals surface area contributed by atoms with Crippen molar-refractivity contribution in [3.05, 3.63) is 0 Å². The molecule has 0 spiro atoms. The Balaban J connectivity index is 2.45. The molecular weight excluding hydrogens is 232 g/mol. The van der Waals surface area contributed by atoms with Gasteiger partial charge in [-0.1, -0.05) is 13.8 Å². The van der Waals surface area contributed by atoms with Crippen molar-refractivity contribution in [1.29, 1.82) is 0 Å². The predicted molar refractivity (Wildman–Crippen MR) is 69.2 cm³/mol. The molecule has 0 aromatic rings. The molecule has 2 amide bonds. The van der Waals surface area contributed by atoms with Gasteiger partial charge in [-0.15, -0.1) is 0 Å². The first-order valence-electron chi connectivity index (χ1n) is 6.80. The average molecular weight is 256 g/mol. The van der Waals surface area contributed by atoms with Gasteiger partial charge in [0.2, 0.25) is 5.91 Å². The van der Waals surface area contributed by atoms with Gasteiger partial charge in [-0.25, -0.2) is 4.79 Å². The van der Waals surface area contributed by atoms with E-state index in [4.69, 9.17) is 4.74 Å². The predicted octanol–water partition coefficient (Wildman–Crippen LogP) is 1.77. The lowest BCUT2D eigenvalue weighted by molar-refractivity contribution is -0.136. The van der Waals surface area contributed by atoms with Crippen LogP contribution in [0.4, 0.5) is 4.79 Å². The molecule has 0 unspecified atom stereocenters. The summed E-state index contributed by atoms with van der Waals surface area (Å²) in [4.78, 5) is 25.3. The summed E-state index contributed by atoms with van der Waals surface area (Å²) in [5.41, 5.74) is 0. The largest absolute Gasteiger partial charge is 0.450 e. The van der Waals surface area contributed by atoms with Gasteiger partial charge in [-0.2, -0.15) is 0 Å². The fraction of sp³-hybridized carbons (Fsp3) is 0.846. The van der Waals surface area contributed by atoms with Gasteiger partial charge in [0.15, 0.2) is 0 Å². The second-order valence-corrected chi connectivity index (χ2v) is 4.80. The number of hydrogen-bond acceptors (Lipinski definition) is 3. The quantitative estimate of drug-likeness (QED) is 0.834. The highest BCUT2D eigenvalue weighted by atomic mass is 16.5. The molecule has 0 aliphatic carbocycles. The van der Waals surface area contributed by atoms with Crippen LogP contribution >= 0.6 is 0 Å². The number of hydrogen-bond donors (Lipinski definition) is 1. The molecule has 0 radical (unpaired) electrons. The van der Waals surface area contributed by atoms with Crippen LogP contribution in [0.3, 0.4) is 0 Å². The molecule has 18 heavy (non-hydrogen) atoms. The fourth-order valence-electron chi connectivity index (χ4n) is 2.12. The summed E-state index contributed by atoms with van der Waals surface area (Å²) in [5.74, 6) is 0.249. The topological polar surface area (TPSA) is 58.6 Å². The Bertz CT molecular complexity index is 294. The third-order valence-corrected chi connectivity index (χ3v) is 3.36. The lowest BCUT2D eigenvalue weighted by Crippen LogP contribution is -2.50. The van der Waals surface area contributed by atoms with Crippen LogP contribution in [0.25, 0.3) is 0 Å². The molecule has 1 aliphatic rings. The minimum atomic E-state index is -0.389. The van der Waals surface area contributed by atoms with E-state index in [0.29, 0.717) is 13.2 Å². The van der Waals surface area contributed by atoms with E-state index in [1.165, 1.54) is 0 Å². The van der Waals surface area contributed by atoms with Gasteiger partial charge >= 0.3 is 6.09 Å². The maximum absolute atomic E-state index is 12.1. The number of amides is 2. The van der Waals surface area contributed by atoms with Crippen molar-refractivity contribution in [2.24, 2.45) is 5.92 Å². The average Bonchev–Trinajstić information content (AvgIpc) is 2.37. The second kappa shape index (κ2) is 7.24. The maximum Gasteiger partial charge on any atom is 0.407 e. The molecule has 1 saturated heterocycles. The van der Waals surface area contributed by atoms with Gasteiger partial charge in [-0.05, 0) is 26.2 Å².